The number of carbonyl (C=O) groups excluding carboxylic acids is 3. The maximum absolute atomic E-state index is 13.2. The van der Waals surface area contributed by atoms with Crippen molar-refractivity contribution in [1.82, 2.24) is 15.2 Å². The first-order chi connectivity index (χ1) is 14.4. The summed E-state index contributed by atoms with van der Waals surface area (Å²) in [6.45, 7) is 2.12. The zero-order chi connectivity index (χ0) is 21.7. The van der Waals surface area contributed by atoms with Crippen LogP contribution < -0.4 is 16.8 Å². The number of fused-ring (bicyclic) bond motifs is 1. The molecule has 2 atom stereocenters. The van der Waals surface area contributed by atoms with E-state index >= 15 is 0 Å². The Bertz CT molecular complexity index is 978. The number of nitrogens with zero attached hydrogens (tertiary/aromatic N) is 3. The van der Waals surface area contributed by atoms with Gasteiger partial charge < -0.3 is 21.7 Å². The summed E-state index contributed by atoms with van der Waals surface area (Å²) in [5.41, 5.74) is 11.4. The molecule has 2 heterocycles. The summed E-state index contributed by atoms with van der Waals surface area (Å²) in [7, 11) is 0. The van der Waals surface area contributed by atoms with E-state index in [1.165, 1.54) is 23.2 Å². The largest absolute Gasteiger partial charge is 0.370 e. The van der Waals surface area contributed by atoms with Gasteiger partial charge in [0.15, 0.2) is 11.0 Å². The topological polar surface area (TPSA) is 144 Å². The summed E-state index contributed by atoms with van der Waals surface area (Å²) >= 11 is 1.28. The third-order valence-corrected chi connectivity index (χ3v) is 5.76. The molecule has 0 bridgehead atoms. The third kappa shape index (κ3) is 5.01. The Labute approximate surface area is 177 Å². The molecule has 9 nitrogen and oxygen atoms in total. The number of ketones is 1. The molecule has 0 saturated carbocycles. The highest BCUT2D eigenvalue weighted by atomic mass is 32.1. The lowest BCUT2D eigenvalue weighted by Gasteiger charge is -2.24. The van der Waals surface area contributed by atoms with Crippen LogP contribution in [0.5, 0.6) is 0 Å². The fourth-order valence-corrected chi connectivity index (χ4v) is 4.19. The minimum absolute atomic E-state index is 0.0266. The SMILES string of the molecule is CC(=O)N1CC=C[C@H]1C(=O)NC(CCCN=C(N)N)C(=O)c1nc2ccccc2s1. The van der Waals surface area contributed by atoms with E-state index in [9.17, 15) is 14.4 Å². The smallest absolute Gasteiger partial charge is 0.247 e. The Hall–Kier alpha value is -3.27. The highest BCUT2D eigenvalue weighted by Gasteiger charge is 2.32. The van der Waals surface area contributed by atoms with E-state index in [4.69, 9.17) is 11.5 Å². The van der Waals surface area contributed by atoms with Crippen molar-refractivity contribution in [2.75, 3.05) is 13.1 Å². The van der Waals surface area contributed by atoms with Crippen molar-refractivity contribution in [2.45, 2.75) is 31.8 Å². The number of aromatic nitrogens is 1. The number of hydrogen-bond acceptors (Lipinski definition) is 6. The average molecular weight is 429 g/mol. The van der Waals surface area contributed by atoms with Crippen molar-refractivity contribution in [3.8, 4) is 0 Å². The van der Waals surface area contributed by atoms with Crippen molar-refractivity contribution in [2.24, 2.45) is 16.5 Å². The van der Waals surface area contributed by atoms with Crippen LogP contribution in [0.25, 0.3) is 10.2 Å². The highest BCUT2D eigenvalue weighted by Crippen LogP contribution is 2.23. The second kappa shape index (κ2) is 9.49. The molecular formula is C20H24N6O3S. The van der Waals surface area contributed by atoms with Gasteiger partial charge in [0.1, 0.15) is 6.04 Å². The number of nitrogens with one attached hydrogen (secondary N) is 1. The van der Waals surface area contributed by atoms with Crippen molar-refractivity contribution < 1.29 is 14.4 Å². The number of nitrogens with two attached hydrogens (primary N) is 2. The van der Waals surface area contributed by atoms with E-state index in [-0.39, 0.29) is 17.6 Å². The first kappa shape index (κ1) is 21.4. The predicted octanol–water partition coefficient (Wildman–Crippen LogP) is 0.804. The van der Waals surface area contributed by atoms with Gasteiger partial charge in [-0.15, -0.1) is 11.3 Å². The van der Waals surface area contributed by atoms with Crippen LogP contribution in [-0.4, -0.2) is 58.6 Å². The van der Waals surface area contributed by atoms with E-state index < -0.39 is 18.0 Å². The summed E-state index contributed by atoms with van der Waals surface area (Å²) < 4.78 is 0.896. The number of amides is 2. The molecule has 30 heavy (non-hydrogen) atoms. The van der Waals surface area contributed by atoms with Gasteiger partial charge in [0.05, 0.1) is 16.3 Å². The molecule has 0 radical (unpaired) electrons. The number of carbonyl (C=O) groups is 3. The van der Waals surface area contributed by atoms with E-state index in [1.807, 2.05) is 24.3 Å². The zero-order valence-electron chi connectivity index (χ0n) is 16.6. The Morgan fingerprint density at radius 2 is 2.10 bits per heavy atom. The molecule has 2 aromatic rings. The molecule has 0 spiro atoms. The molecule has 1 aromatic carbocycles. The monoisotopic (exact) mass is 428 g/mol. The average Bonchev–Trinajstić information content (AvgIpc) is 3.36. The van der Waals surface area contributed by atoms with E-state index in [0.717, 1.165) is 10.2 Å². The number of rotatable bonds is 8. The van der Waals surface area contributed by atoms with Crippen LogP contribution in [0.1, 0.15) is 29.6 Å². The van der Waals surface area contributed by atoms with Crippen LogP contribution in [0, 0.1) is 0 Å². The lowest BCUT2D eigenvalue weighted by atomic mass is 10.1. The number of Topliss-reactive ketones (excluding diaryl/α,β-unsaturated/α-hetero) is 1. The van der Waals surface area contributed by atoms with Gasteiger partial charge in [0.2, 0.25) is 17.6 Å². The summed E-state index contributed by atoms with van der Waals surface area (Å²) in [4.78, 5) is 47.5. The molecule has 2 amide bonds. The summed E-state index contributed by atoms with van der Waals surface area (Å²) in [5, 5.41) is 3.12. The number of benzene rings is 1. The second-order valence-electron chi connectivity index (χ2n) is 6.91. The second-order valence-corrected chi connectivity index (χ2v) is 7.94. The van der Waals surface area contributed by atoms with Gasteiger partial charge >= 0.3 is 0 Å². The maximum atomic E-state index is 13.2. The van der Waals surface area contributed by atoms with Crippen LogP contribution in [0.2, 0.25) is 0 Å². The number of hydrogen-bond donors (Lipinski definition) is 3. The van der Waals surface area contributed by atoms with E-state index in [2.05, 4.69) is 15.3 Å². The van der Waals surface area contributed by atoms with Crippen molar-refractivity contribution in [1.29, 1.82) is 0 Å². The van der Waals surface area contributed by atoms with Gasteiger partial charge in [-0.2, -0.15) is 0 Å². The molecule has 158 valence electrons. The molecule has 0 aliphatic carbocycles. The highest BCUT2D eigenvalue weighted by molar-refractivity contribution is 7.20. The van der Waals surface area contributed by atoms with Gasteiger partial charge in [-0.1, -0.05) is 24.3 Å². The molecule has 1 aromatic heterocycles. The molecule has 3 rings (SSSR count). The normalized spacial score (nSPS) is 16.4. The van der Waals surface area contributed by atoms with E-state index in [0.29, 0.717) is 30.9 Å². The van der Waals surface area contributed by atoms with Crippen LogP contribution in [0.4, 0.5) is 0 Å². The molecular weight excluding hydrogens is 404 g/mol. The first-order valence-corrected chi connectivity index (χ1v) is 10.4. The molecule has 1 aliphatic heterocycles. The summed E-state index contributed by atoms with van der Waals surface area (Å²) in [6.07, 6.45) is 4.26. The van der Waals surface area contributed by atoms with Crippen molar-refractivity contribution >= 4 is 45.1 Å². The fraction of sp³-hybridized carbons (Fsp3) is 0.350. The minimum atomic E-state index is -0.796. The third-order valence-electron chi connectivity index (χ3n) is 4.71. The van der Waals surface area contributed by atoms with Gasteiger partial charge in [-0.25, -0.2) is 4.98 Å². The minimum Gasteiger partial charge on any atom is -0.370 e. The standard InChI is InChI=1S/C20H24N6O3S/c1-12(27)26-11-5-8-15(26)18(29)24-14(7-4-10-23-20(21)22)17(28)19-25-13-6-2-3-9-16(13)30-19/h2-3,5-6,8-9,14-15H,4,7,10-11H2,1H3,(H,24,29)(H4,21,22,23)/t14?,15-/m0/s1. The summed E-state index contributed by atoms with van der Waals surface area (Å²) in [5.74, 6) is -0.908. The van der Waals surface area contributed by atoms with Gasteiger partial charge in [0, 0.05) is 20.0 Å². The van der Waals surface area contributed by atoms with Crippen molar-refractivity contribution in [3.05, 3.63) is 41.4 Å². The molecule has 10 heteroatoms. The van der Waals surface area contributed by atoms with Crippen LogP contribution in [-0.2, 0) is 9.59 Å². The number of thiazole rings is 1. The van der Waals surface area contributed by atoms with E-state index in [1.54, 1.807) is 12.2 Å². The molecule has 1 unspecified atom stereocenters. The quantitative estimate of drug-likeness (QED) is 0.187. The first-order valence-electron chi connectivity index (χ1n) is 9.56. The lowest BCUT2D eigenvalue weighted by Crippen LogP contribution is -2.50. The zero-order valence-corrected chi connectivity index (χ0v) is 17.4. The Balaban J connectivity index is 1.77. The maximum Gasteiger partial charge on any atom is 0.247 e. The Kier molecular flexibility index (Phi) is 6.78. The molecule has 0 saturated heterocycles. The lowest BCUT2D eigenvalue weighted by molar-refractivity contribution is -0.136. The van der Waals surface area contributed by atoms with Crippen LogP contribution >= 0.6 is 11.3 Å². The van der Waals surface area contributed by atoms with Gasteiger partial charge in [-0.3, -0.25) is 19.4 Å². The number of aliphatic imine (C=N–C) groups is 1. The van der Waals surface area contributed by atoms with Gasteiger partial charge in [0.25, 0.3) is 0 Å². The summed E-state index contributed by atoms with van der Waals surface area (Å²) in [6, 6.07) is 5.94. The Morgan fingerprint density at radius 1 is 1.33 bits per heavy atom. The number of para-hydroxylation sites is 1. The fourth-order valence-electron chi connectivity index (χ4n) is 3.23. The molecule has 1 aliphatic rings. The van der Waals surface area contributed by atoms with Crippen molar-refractivity contribution in [3.63, 3.8) is 0 Å². The number of guanidine groups is 1. The van der Waals surface area contributed by atoms with Crippen LogP contribution in [0.15, 0.2) is 41.4 Å². The molecule has 0 fully saturated rings. The predicted molar refractivity (Wildman–Crippen MR) is 116 cm³/mol. The van der Waals surface area contributed by atoms with Crippen LogP contribution in [0.3, 0.4) is 0 Å². The Morgan fingerprint density at radius 3 is 2.80 bits per heavy atom. The molecule has 5 N–H and O–H groups in total. The van der Waals surface area contributed by atoms with Gasteiger partial charge in [-0.05, 0) is 25.0 Å².